The van der Waals surface area contributed by atoms with E-state index in [9.17, 15) is 14.9 Å². The molecule has 148 valence electrons. The number of amides is 1. The van der Waals surface area contributed by atoms with E-state index < -0.39 is 4.92 Å². The lowest BCUT2D eigenvalue weighted by molar-refractivity contribution is -0.385. The van der Waals surface area contributed by atoms with Gasteiger partial charge in [-0.15, -0.1) is 0 Å². The zero-order chi connectivity index (χ0) is 20.1. The first-order valence-electron chi connectivity index (χ1n) is 9.05. The van der Waals surface area contributed by atoms with Gasteiger partial charge in [-0.25, -0.2) is 0 Å². The minimum Gasteiger partial charge on any atom is -0.483 e. The first-order valence-corrected chi connectivity index (χ1v) is 9.43. The zero-order valence-electron chi connectivity index (χ0n) is 15.6. The van der Waals surface area contributed by atoms with E-state index in [0.29, 0.717) is 24.4 Å². The summed E-state index contributed by atoms with van der Waals surface area (Å²) >= 11 is 5.91. The lowest BCUT2D eigenvalue weighted by Crippen LogP contribution is -2.49. The molecule has 7 nitrogen and oxygen atoms in total. The smallest absolute Gasteiger partial charge is 0.276 e. The Labute approximate surface area is 168 Å². The van der Waals surface area contributed by atoms with Crippen molar-refractivity contribution in [1.29, 1.82) is 0 Å². The van der Waals surface area contributed by atoms with E-state index in [1.54, 1.807) is 24.0 Å². The van der Waals surface area contributed by atoms with Crippen molar-refractivity contribution in [1.82, 2.24) is 9.80 Å². The number of benzene rings is 2. The van der Waals surface area contributed by atoms with Crippen LogP contribution in [0, 0.1) is 17.0 Å². The van der Waals surface area contributed by atoms with Gasteiger partial charge in [-0.1, -0.05) is 29.8 Å². The molecule has 0 aromatic heterocycles. The van der Waals surface area contributed by atoms with Gasteiger partial charge in [0.25, 0.3) is 11.6 Å². The SMILES string of the molecule is Cc1c(OCC(=O)N2CCN(Cc3ccc(Cl)cc3)CC2)cccc1[N+](=O)[O-]. The second-order valence-electron chi connectivity index (χ2n) is 6.73. The van der Waals surface area contributed by atoms with Crippen molar-refractivity contribution < 1.29 is 14.5 Å². The second-order valence-corrected chi connectivity index (χ2v) is 7.17. The van der Waals surface area contributed by atoms with Crippen molar-refractivity contribution in [3.8, 4) is 5.75 Å². The second kappa shape index (κ2) is 9.03. The number of nitrogens with zero attached hydrogens (tertiary/aromatic N) is 3. The molecule has 1 saturated heterocycles. The lowest BCUT2D eigenvalue weighted by atomic mass is 10.2. The van der Waals surface area contributed by atoms with E-state index in [1.165, 1.54) is 11.6 Å². The number of rotatable bonds is 6. The van der Waals surface area contributed by atoms with Crippen molar-refractivity contribution in [3.05, 3.63) is 68.7 Å². The normalized spacial score (nSPS) is 14.7. The van der Waals surface area contributed by atoms with E-state index >= 15 is 0 Å². The molecule has 0 unspecified atom stereocenters. The van der Waals surface area contributed by atoms with Gasteiger partial charge in [-0.05, 0) is 30.7 Å². The first kappa shape index (κ1) is 20.1. The van der Waals surface area contributed by atoms with Gasteiger partial charge in [0, 0.05) is 43.8 Å². The summed E-state index contributed by atoms with van der Waals surface area (Å²) in [6, 6.07) is 12.4. The van der Waals surface area contributed by atoms with Crippen molar-refractivity contribution in [3.63, 3.8) is 0 Å². The number of nitro groups is 1. The molecule has 0 bridgehead atoms. The van der Waals surface area contributed by atoms with Gasteiger partial charge in [-0.3, -0.25) is 19.8 Å². The largest absolute Gasteiger partial charge is 0.483 e. The Morgan fingerprint density at radius 3 is 2.46 bits per heavy atom. The molecule has 0 N–H and O–H groups in total. The monoisotopic (exact) mass is 403 g/mol. The van der Waals surface area contributed by atoms with Gasteiger partial charge in [-0.2, -0.15) is 0 Å². The van der Waals surface area contributed by atoms with Crippen LogP contribution in [-0.4, -0.2) is 53.4 Å². The number of nitro benzene ring substituents is 1. The third-order valence-electron chi connectivity index (χ3n) is 4.85. The Balaban J connectivity index is 1.48. The maximum atomic E-state index is 12.4. The van der Waals surface area contributed by atoms with Crippen LogP contribution >= 0.6 is 11.6 Å². The molecular weight excluding hydrogens is 382 g/mol. The number of hydrogen-bond donors (Lipinski definition) is 0. The van der Waals surface area contributed by atoms with E-state index in [1.807, 2.05) is 24.3 Å². The molecule has 2 aromatic carbocycles. The first-order chi connectivity index (χ1) is 13.4. The van der Waals surface area contributed by atoms with Crippen LogP contribution in [0.1, 0.15) is 11.1 Å². The van der Waals surface area contributed by atoms with Gasteiger partial charge in [0.15, 0.2) is 6.61 Å². The summed E-state index contributed by atoms with van der Waals surface area (Å²) in [5, 5.41) is 11.7. The number of halogens is 1. The fraction of sp³-hybridized carbons (Fsp3) is 0.350. The molecule has 0 atom stereocenters. The summed E-state index contributed by atoms with van der Waals surface area (Å²) in [6.07, 6.45) is 0. The predicted octanol–water partition coefficient (Wildman–Crippen LogP) is 3.28. The summed E-state index contributed by atoms with van der Waals surface area (Å²) in [6.45, 7) is 5.14. The summed E-state index contributed by atoms with van der Waals surface area (Å²) in [7, 11) is 0. The maximum Gasteiger partial charge on any atom is 0.276 e. The van der Waals surface area contributed by atoms with Gasteiger partial charge in [0.05, 0.1) is 10.5 Å². The maximum absolute atomic E-state index is 12.4. The van der Waals surface area contributed by atoms with Crippen LogP contribution in [0.15, 0.2) is 42.5 Å². The number of ether oxygens (including phenoxy) is 1. The van der Waals surface area contributed by atoms with E-state index in [2.05, 4.69) is 4.90 Å². The zero-order valence-corrected chi connectivity index (χ0v) is 16.4. The van der Waals surface area contributed by atoms with E-state index in [-0.39, 0.29) is 18.2 Å². The summed E-state index contributed by atoms with van der Waals surface area (Å²) < 4.78 is 5.55. The Kier molecular flexibility index (Phi) is 6.49. The third kappa shape index (κ3) is 4.99. The lowest BCUT2D eigenvalue weighted by Gasteiger charge is -2.34. The van der Waals surface area contributed by atoms with Gasteiger partial charge < -0.3 is 9.64 Å². The average Bonchev–Trinajstić information content (AvgIpc) is 2.69. The average molecular weight is 404 g/mol. The number of piperazine rings is 1. The van der Waals surface area contributed by atoms with Crippen LogP contribution in [0.4, 0.5) is 5.69 Å². The molecule has 1 aliphatic rings. The molecule has 28 heavy (non-hydrogen) atoms. The molecule has 8 heteroatoms. The van der Waals surface area contributed by atoms with Crippen LogP contribution < -0.4 is 4.74 Å². The highest BCUT2D eigenvalue weighted by Crippen LogP contribution is 2.27. The summed E-state index contributed by atoms with van der Waals surface area (Å²) in [5.41, 5.74) is 1.60. The molecule has 1 amide bonds. The highest BCUT2D eigenvalue weighted by molar-refractivity contribution is 6.30. The van der Waals surface area contributed by atoms with Crippen molar-refractivity contribution >= 4 is 23.2 Å². The van der Waals surface area contributed by atoms with Crippen LogP contribution in [-0.2, 0) is 11.3 Å². The number of carbonyl (C=O) groups excluding carboxylic acids is 1. The van der Waals surface area contributed by atoms with Crippen molar-refractivity contribution in [2.75, 3.05) is 32.8 Å². The van der Waals surface area contributed by atoms with Crippen LogP contribution in [0.2, 0.25) is 5.02 Å². The Hall–Kier alpha value is -2.64. The van der Waals surface area contributed by atoms with E-state index in [0.717, 1.165) is 24.7 Å². The van der Waals surface area contributed by atoms with Gasteiger partial charge >= 0.3 is 0 Å². The summed E-state index contributed by atoms with van der Waals surface area (Å²) in [4.78, 5) is 27.0. The van der Waals surface area contributed by atoms with Gasteiger partial charge in [0.2, 0.25) is 0 Å². The Bertz CT molecular complexity index is 849. The molecule has 0 saturated carbocycles. The minimum atomic E-state index is -0.454. The highest BCUT2D eigenvalue weighted by Gasteiger charge is 2.22. The van der Waals surface area contributed by atoms with Gasteiger partial charge in [0.1, 0.15) is 5.75 Å². The molecule has 0 radical (unpaired) electrons. The topological polar surface area (TPSA) is 75.9 Å². The molecule has 1 fully saturated rings. The quantitative estimate of drug-likeness (QED) is 0.546. The number of carbonyl (C=O) groups is 1. The fourth-order valence-electron chi connectivity index (χ4n) is 3.19. The van der Waals surface area contributed by atoms with E-state index in [4.69, 9.17) is 16.3 Å². The highest BCUT2D eigenvalue weighted by atomic mass is 35.5. The third-order valence-corrected chi connectivity index (χ3v) is 5.10. The van der Waals surface area contributed by atoms with Crippen molar-refractivity contribution in [2.45, 2.75) is 13.5 Å². The molecule has 0 aliphatic carbocycles. The molecule has 0 spiro atoms. The molecule has 3 rings (SSSR count). The molecule has 2 aromatic rings. The molecule has 1 aliphatic heterocycles. The predicted molar refractivity (Wildman–Crippen MR) is 107 cm³/mol. The standard InChI is InChI=1S/C20H22ClN3O4/c1-15-18(24(26)27)3-2-4-19(15)28-14-20(25)23-11-9-22(10-12-23)13-16-5-7-17(21)8-6-16/h2-8H,9-14H2,1H3. The minimum absolute atomic E-state index is 0.0132. The van der Waals surface area contributed by atoms with Crippen LogP contribution in [0.25, 0.3) is 0 Å². The fourth-order valence-corrected chi connectivity index (χ4v) is 3.32. The van der Waals surface area contributed by atoms with Crippen LogP contribution in [0.3, 0.4) is 0 Å². The molecule has 1 heterocycles. The van der Waals surface area contributed by atoms with Crippen LogP contribution in [0.5, 0.6) is 5.75 Å². The Morgan fingerprint density at radius 2 is 1.82 bits per heavy atom. The summed E-state index contributed by atoms with van der Waals surface area (Å²) in [5.74, 6) is 0.251. The number of hydrogen-bond acceptors (Lipinski definition) is 5. The Morgan fingerprint density at radius 1 is 1.14 bits per heavy atom. The van der Waals surface area contributed by atoms with Crippen molar-refractivity contribution in [2.24, 2.45) is 0 Å². The molecular formula is C20H22ClN3O4.